The van der Waals surface area contributed by atoms with E-state index in [0.717, 1.165) is 13.0 Å². The molecule has 1 saturated heterocycles. The van der Waals surface area contributed by atoms with Crippen LogP contribution in [0.4, 0.5) is 4.79 Å². The molecule has 0 bridgehead atoms. The van der Waals surface area contributed by atoms with Crippen LogP contribution in [-0.2, 0) is 4.79 Å². The maximum absolute atomic E-state index is 12.2. The minimum atomic E-state index is -0.806. The van der Waals surface area contributed by atoms with E-state index in [0.29, 0.717) is 31.3 Å². The van der Waals surface area contributed by atoms with Gasteiger partial charge in [0, 0.05) is 19.6 Å². The van der Waals surface area contributed by atoms with E-state index >= 15 is 0 Å². The standard InChI is InChI=1S/C15H26N2O3/c1-11-5-3-6-12(11)9-16-14(20)17-8-4-7-15(2,10-17)13(18)19/h11-12H,3-10H2,1-2H3,(H,16,20)(H,18,19). The Morgan fingerprint density at radius 2 is 2.10 bits per heavy atom. The summed E-state index contributed by atoms with van der Waals surface area (Å²) in [5.41, 5.74) is -0.795. The second-order valence-electron chi connectivity index (χ2n) is 6.75. The topological polar surface area (TPSA) is 69.6 Å². The van der Waals surface area contributed by atoms with Crippen LogP contribution in [0.15, 0.2) is 0 Å². The van der Waals surface area contributed by atoms with Crippen LogP contribution in [-0.4, -0.2) is 41.6 Å². The van der Waals surface area contributed by atoms with E-state index in [-0.39, 0.29) is 6.03 Å². The van der Waals surface area contributed by atoms with Gasteiger partial charge >= 0.3 is 12.0 Å². The van der Waals surface area contributed by atoms with Crippen molar-refractivity contribution in [2.75, 3.05) is 19.6 Å². The third-order valence-corrected chi connectivity index (χ3v) is 5.05. The van der Waals surface area contributed by atoms with Gasteiger partial charge in [0.05, 0.1) is 5.41 Å². The van der Waals surface area contributed by atoms with Crippen molar-refractivity contribution in [2.45, 2.75) is 46.0 Å². The third-order valence-electron chi connectivity index (χ3n) is 5.05. The van der Waals surface area contributed by atoms with Crippen LogP contribution >= 0.6 is 0 Å². The van der Waals surface area contributed by atoms with E-state index in [9.17, 15) is 14.7 Å². The average molecular weight is 282 g/mol. The van der Waals surface area contributed by atoms with Crippen LogP contribution in [0.1, 0.15) is 46.0 Å². The highest BCUT2D eigenvalue weighted by molar-refractivity contribution is 5.78. The number of likely N-dealkylation sites (tertiary alicyclic amines) is 1. The number of hydrogen-bond acceptors (Lipinski definition) is 2. The molecule has 1 saturated carbocycles. The van der Waals surface area contributed by atoms with E-state index in [1.807, 2.05) is 0 Å². The van der Waals surface area contributed by atoms with Gasteiger partial charge in [0.1, 0.15) is 0 Å². The molecule has 0 radical (unpaired) electrons. The summed E-state index contributed by atoms with van der Waals surface area (Å²) < 4.78 is 0. The first-order valence-electron chi connectivity index (χ1n) is 7.68. The van der Waals surface area contributed by atoms with Crippen molar-refractivity contribution < 1.29 is 14.7 Å². The second-order valence-corrected chi connectivity index (χ2v) is 6.75. The van der Waals surface area contributed by atoms with Gasteiger partial charge in [-0.1, -0.05) is 19.8 Å². The first kappa shape index (κ1) is 15.1. The molecule has 0 aromatic carbocycles. The normalized spacial score (nSPS) is 34.0. The number of carbonyl (C=O) groups excluding carboxylic acids is 1. The fourth-order valence-electron chi connectivity index (χ4n) is 3.44. The summed E-state index contributed by atoms with van der Waals surface area (Å²) in [5.74, 6) is 0.454. The molecule has 5 heteroatoms. The molecular weight excluding hydrogens is 256 g/mol. The third kappa shape index (κ3) is 3.25. The summed E-state index contributed by atoms with van der Waals surface area (Å²) in [7, 11) is 0. The van der Waals surface area contributed by atoms with Gasteiger partial charge in [-0.2, -0.15) is 0 Å². The van der Waals surface area contributed by atoms with Gasteiger partial charge in [-0.25, -0.2) is 4.79 Å². The van der Waals surface area contributed by atoms with Crippen molar-refractivity contribution >= 4 is 12.0 Å². The molecular formula is C15H26N2O3. The van der Waals surface area contributed by atoms with Gasteiger partial charge in [-0.15, -0.1) is 0 Å². The molecule has 0 aromatic rings. The number of nitrogens with zero attached hydrogens (tertiary/aromatic N) is 1. The maximum atomic E-state index is 12.2. The lowest BCUT2D eigenvalue weighted by Gasteiger charge is -2.37. The summed E-state index contributed by atoms with van der Waals surface area (Å²) in [6.07, 6.45) is 5.10. The quantitative estimate of drug-likeness (QED) is 0.834. The Morgan fingerprint density at radius 1 is 1.35 bits per heavy atom. The molecule has 2 N–H and O–H groups in total. The highest BCUT2D eigenvalue weighted by Gasteiger charge is 2.39. The van der Waals surface area contributed by atoms with Crippen LogP contribution in [0.2, 0.25) is 0 Å². The molecule has 20 heavy (non-hydrogen) atoms. The minimum Gasteiger partial charge on any atom is -0.481 e. The number of nitrogens with one attached hydrogen (secondary N) is 1. The number of carbonyl (C=O) groups is 2. The Hall–Kier alpha value is -1.26. The summed E-state index contributed by atoms with van der Waals surface area (Å²) >= 11 is 0. The van der Waals surface area contributed by atoms with Crippen LogP contribution < -0.4 is 5.32 Å². The molecule has 5 nitrogen and oxygen atoms in total. The van der Waals surface area contributed by atoms with Gasteiger partial charge in [0.25, 0.3) is 0 Å². The first-order valence-corrected chi connectivity index (χ1v) is 7.68. The molecule has 2 rings (SSSR count). The monoisotopic (exact) mass is 282 g/mol. The van der Waals surface area contributed by atoms with Gasteiger partial charge in [-0.05, 0) is 38.0 Å². The molecule has 1 heterocycles. The predicted octanol–water partition coefficient (Wildman–Crippen LogP) is 2.32. The van der Waals surface area contributed by atoms with Crippen molar-refractivity contribution in [2.24, 2.45) is 17.3 Å². The van der Waals surface area contributed by atoms with Crippen molar-refractivity contribution in [1.29, 1.82) is 0 Å². The molecule has 1 aliphatic carbocycles. The number of piperidine rings is 1. The Bertz CT molecular complexity index is 385. The van der Waals surface area contributed by atoms with E-state index in [1.54, 1.807) is 11.8 Å². The lowest BCUT2D eigenvalue weighted by Crippen LogP contribution is -2.52. The Labute approximate surface area is 120 Å². The van der Waals surface area contributed by atoms with Gasteiger partial charge in [0.15, 0.2) is 0 Å². The summed E-state index contributed by atoms with van der Waals surface area (Å²) in [6, 6.07) is -0.101. The largest absolute Gasteiger partial charge is 0.481 e. The number of aliphatic carboxylic acids is 1. The fraction of sp³-hybridized carbons (Fsp3) is 0.867. The van der Waals surface area contributed by atoms with Crippen LogP contribution in [0.3, 0.4) is 0 Å². The summed E-state index contributed by atoms with van der Waals surface area (Å²) in [5, 5.41) is 12.3. The van der Waals surface area contributed by atoms with E-state index in [4.69, 9.17) is 0 Å². The Morgan fingerprint density at radius 3 is 2.70 bits per heavy atom. The van der Waals surface area contributed by atoms with E-state index in [1.165, 1.54) is 19.3 Å². The van der Waals surface area contributed by atoms with Gasteiger partial charge < -0.3 is 15.3 Å². The average Bonchev–Trinajstić information content (AvgIpc) is 2.81. The molecule has 114 valence electrons. The number of carboxylic acid groups (broad SMARTS) is 1. The molecule has 2 aliphatic rings. The fourth-order valence-corrected chi connectivity index (χ4v) is 3.44. The smallest absolute Gasteiger partial charge is 0.317 e. The molecule has 3 atom stereocenters. The number of urea groups is 1. The van der Waals surface area contributed by atoms with Crippen LogP contribution in [0.25, 0.3) is 0 Å². The van der Waals surface area contributed by atoms with Gasteiger partial charge in [-0.3, -0.25) is 4.79 Å². The molecule has 1 aliphatic heterocycles. The van der Waals surface area contributed by atoms with Crippen molar-refractivity contribution in [3.63, 3.8) is 0 Å². The predicted molar refractivity (Wildman–Crippen MR) is 76.5 cm³/mol. The lowest BCUT2D eigenvalue weighted by atomic mass is 9.82. The molecule has 0 spiro atoms. The van der Waals surface area contributed by atoms with E-state index < -0.39 is 11.4 Å². The second kappa shape index (κ2) is 6.02. The van der Waals surface area contributed by atoms with Gasteiger partial charge in [0.2, 0.25) is 0 Å². The zero-order valence-corrected chi connectivity index (χ0v) is 12.5. The number of rotatable bonds is 3. The number of carboxylic acids is 1. The first-order chi connectivity index (χ1) is 9.42. The molecule has 3 unspecified atom stereocenters. The SMILES string of the molecule is CC1CCCC1CNC(=O)N1CCCC(C)(C(=O)O)C1. The maximum Gasteiger partial charge on any atom is 0.317 e. The van der Waals surface area contributed by atoms with Crippen molar-refractivity contribution in [1.82, 2.24) is 10.2 Å². The summed E-state index contributed by atoms with van der Waals surface area (Å²) in [6.45, 7) is 5.67. The highest BCUT2D eigenvalue weighted by Crippen LogP contribution is 2.31. The van der Waals surface area contributed by atoms with Crippen LogP contribution in [0, 0.1) is 17.3 Å². The Kier molecular flexibility index (Phi) is 4.55. The molecule has 2 fully saturated rings. The van der Waals surface area contributed by atoms with E-state index in [2.05, 4.69) is 12.2 Å². The number of hydrogen-bond donors (Lipinski definition) is 2. The van der Waals surface area contributed by atoms with Crippen LogP contribution in [0.5, 0.6) is 0 Å². The zero-order chi connectivity index (χ0) is 14.8. The molecule has 2 amide bonds. The van der Waals surface area contributed by atoms with Crippen molar-refractivity contribution in [3.8, 4) is 0 Å². The minimum absolute atomic E-state index is 0.101. The Balaban J connectivity index is 1.84. The summed E-state index contributed by atoms with van der Waals surface area (Å²) in [4.78, 5) is 25.2. The zero-order valence-electron chi connectivity index (χ0n) is 12.5. The number of amides is 2. The lowest BCUT2D eigenvalue weighted by molar-refractivity contribution is -0.150. The van der Waals surface area contributed by atoms with Crippen molar-refractivity contribution in [3.05, 3.63) is 0 Å². The highest BCUT2D eigenvalue weighted by atomic mass is 16.4. The molecule has 0 aromatic heterocycles.